The summed E-state index contributed by atoms with van der Waals surface area (Å²) in [4.78, 5) is 0. The largest absolute Gasteiger partial charge is 0.508 e. The van der Waals surface area contributed by atoms with E-state index in [1.165, 1.54) is 0 Å². The number of benzene rings is 1. The smallest absolute Gasteiger partial charge is 0.157 e. The predicted molar refractivity (Wildman–Crippen MR) is 51.8 cm³/mol. The Balaban J connectivity index is 2.34. The summed E-state index contributed by atoms with van der Waals surface area (Å²) in [5.74, 6) is 0.950. The van der Waals surface area contributed by atoms with Crippen LogP contribution in [0.4, 0.5) is 0 Å². The van der Waals surface area contributed by atoms with E-state index in [9.17, 15) is 0 Å². The summed E-state index contributed by atoms with van der Waals surface area (Å²) >= 11 is 0. The van der Waals surface area contributed by atoms with Crippen molar-refractivity contribution in [3.63, 3.8) is 0 Å². The molecular formula is C10H10N2O2. The summed E-state index contributed by atoms with van der Waals surface area (Å²) < 4.78 is 6.69. The summed E-state index contributed by atoms with van der Waals surface area (Å²) in [6, 6.07) is 6.79. The van der Waals surface area contributed by atoms with E-state index in [1.807, 2.05) is 0 Å². The zero-order chi connectivity index (χ0) is 9.97. The molecule has 1 aromatic carbocycles. The van der Waals surface area contributed by atoms with Gasteiger partial charge in [-0.05, 0) is 24.3 Å². The van der Waals surface area contributed by atoms with Gasteiger partial charge in [0.1, 0.15) is 5.75 Å². The van der Waals surface area contributed by atoms with Gasteiger partial charge in [0.15, 0.2) is 5.75 Å². The number of phenolic OH excluding ortho intramolecular Hbond substituents is 1. The molecule has 0 bridgehead atoms. The van der Waals surface area contributed by atoms with Crippen LogP contribution >= 0.6 is 0 Å². The van der Waals surface area contributed by atoms with Crippen LogP contribution in [-0.2, 0) is 0 Å². The van der Waals surface area contributed by atoms with Crippen molar-refractivity contribution in [1.82, 2.24) is 9.78 Å². The Bertz CT molecular complexity index is 420. The van der Waals surface area contributed by atoms with Gasteiger partial charge in [0.2, 0.25) is 0 Å². The molecule has 0 radical (unpaired) electrons. The maximum Gasteiger partial charge on any atom is 0.157 e. The van der Waals surface area contributed by atoms with E-state index in [1.54, 1.807) is 48.5 Å². The van der Waals surface area contributed by atoms with Crippen molar-refractivity contribution in [3.8, 4) is 17.2 Å². The van der Waals surface area contributed by atoms with E-state index in [4.69, 9.17) is 9.84 Å². The Morgan fingerprint density at radius 3 is 2.57 bits per heavy atom. The normalized spacial score (nSPS) is 10.1. The average Bonchev–Trinajstić information content (AvgIpc) is 2.67. The molecule has 2 rings (SSSR count). The first-order valence-electron chi connectivity index (χ1n) is 4.17. The molecular weight excluding hydrogens is 180 g/mol. The molecule has 1 aromatic heterocycles. The fraction of sp³-hybridized carbons (Fsp3) is 0.100. The van der Waals surface area contributed by atoms with Crippen molar-refractivity contribution in [3.05, 3.63) is 36.7 Å². The standard InChI is InChI=1S/C10H10N2O2/c1-14-10-6-11-12(7-10)8-2-4-9(13)5-3-8/h2-7,13H,1H3. The summed E-state index contributed by atoms with van der Waals surface area (Å²) in [7, 11) is 1.60. The number of aromatic hydroxyl groups is 1. The third-order valence-electron chi connectivity index (χ3n) is 1.91. The van der Waals surface area contributed by atoms with Crippen LogP contribution in [0.5, 0.6) is 11.5 Å². The first kappa shape index (κ1) is 8.62. The van der Waals surface area contributed by atoms with Crippen LogP contribution in [0.2, 0.25) is 0 Å². The second-order valence-corrected chi connectivity index (χ2v) is 2.84. The molecule has 72 valence electrons. The van der Waals surface area contributed by atoms with Crippen LogP contribution in [-0.4, -0.2) is 22.0 Å². The highest BCUT2D eigenvalue weighted by Crippen LogP contribution is 2.15. The lowest BCUT2D eigenvalue weighted by molar-refractivity contribution is 0.414. The minimum absolute atomic E-state index is 0.243. The Kier molecular flexibility index (Phi) is 2.10. The van der Waals surface area contributed by atoms with Gasteiger partial charge in [-0.15, -0.1) is 0 Å². The Morgan fingerprint density at radius 1 is 1.29 bits per heavy atom. The fourth-order valence-corrected chi connectivity index (χ4v) is 1.16. The van der Waals surface area contributed by atoms with Crippen LogP contribution < -0.4 is 4.74 Å². The van der Waals surface area contributed by atoms with Crippen molar-refractivity contribution in [2.45, 2.75) is 0 Å². The van der Waals surface area contributed by atoms with Gasteiger partial charge in [-0.2, -0.15) is 5.10 Å². The van der Waals surface area contributed by atoms with Gasteiger partial charge in [-0.25, -0.2) is 4.68 Å². The molecule has 1 N–H and O–H groups in total. The van der Waals surface area contributed by atoms with Crippen molar-refractivity contribution in [2.75, 3.05) is 7.11 Å². The average molecular weight is 190 g/mol. The molecule has 4 heteroatoms. The molecule has 0 aliphatic heterocycles. The van der Waals surface area contributed by atoms with E-state index in [-0.39, 0.29) is 5.75 Å². The predicted octanol–water partition coefficient (Wildman–Crippen LogP) is 1.59. The van der Waals surface area contributed by atoms with Gasteiger partial charge in [0.05, 0.1) is 25.2 Å². The van der Waals surface area contributed by atoms with Crippen molar-refractivity contribution >= 4 is 0 Å². The molecule has 0 amide bonds. The van der Waals surface area contributed by atoms with Gasteiger partial charge < -0.3 is 9.84 Å². The molecule has 0 fully saturated rings. The number of phenols is 1. The molecule has 2 aromatic rings. The van der Waals surface area contributed by atoms with Gasteiger partial charge in [-0.3, -0.25) is 0 Å². The summed E-state index contributed by atoms with van der Waals surface area (Å²) in [5.41, 5.74) is 0.881. The molecule has 0 aliphatic rings. The van der Waals surface area contributed by atoms with Crippen molar-refractivity contribution in [2.24, 2.45) is 0 Å². The van der Waals surface area contributed by atoms with Gasteiger partial charge in [-0.1, -0.05) is 0 Å². The fourth-order valence-electron chi connectivity index (χ4n) is 1.16. The highest BCUT2D eigenvalue weighted by molar-refractivity contribution is 5.36. The van der Waals surface area contributed by atoms with E-state index in [0.29, 0.717) is 5.75 Å². The third-order valence-corrected chi connectivity index (χ3v) is 1.91. The first-order valence-corrected chi connectivity index (χ1v) is 4.17. The quantitative estimate of drug-likeness (QED) is 0.782. The second kappa shape index (κ2) is 3.41. The molecule has 0 atom stereocenters. The van der Waals surface area contributed by atoms with Crippen molar-refractivity contribution < 1.29 is 9.84 Å². The summed E-state index contributed by atoms with van der Waals surface area (Å²) in [5, 5.41) is 13.2. The molecule has 4 nitrogen and oxygen atoms in total. The topological polar surface area (TPSA) is 47.3 Å². The number of rotatable bonds is 2. The monoisotopic (exact) mass is 190 g/mol. The van der Waals surface area contributed by atoms with Crippen LogP contribution in [0.3, 0.4) is 0 Å². The molecule has 0 saturated heterocycles. The molecule has 1 heterocycles. The number of hydrogen-bond donors (Lipinski definition) is 1. The highest BCUT2D eigenvalue weighted by atomic mass is 16.5. The maximum atomic E-state index is 9.10. The van der Waals surface area contributed by atoms with Crippen LogP contribution in [0.15, 0.2) is 36.7 Å². The second-order valence-electron chi connectivity index (χ2n) is 2.84. The molecule has 0 aliphatic carbocycles. The summed E-state index contributed by atoms with van der Waals surface area (Å²) in [6.07, 6.45) is 3.40. The van der Waals surface area contributed by atoms with Crippen LogP contribution in [0.1, 0.15) is 0 Å². The third kappa shape index (κ3) is 1.54. The lowest BCUT2D eigenvalue weighted by atomic mass is 10.3. The Labute approximate surface area is 81.4 Å². The highest BCUT2D eigenvalue weighted by Gasteiger charge is 1.99. The molecule has 0 unspecified atom stereocenters. The number of ether oxygens (including phenoxy) is 1. The number of nitrogens with zero attached hydrogens (tertiary/aromatic N) is 2. The SMILES string of the molecule is COc1cnn(-c2ccc(O)cc2)c1. The number of hydrogen-bond acceptors (Lipinski definition) is 3. The Morgan fingerprint density at radius 2 is 2.00 bits per heavy atom. The van der Waals surface area contributed by atoms with E-state index >= 15 is 0 Å². The van der Waals surface area contributed by atoms with E-state index < -0.39 is 0 Å². The molecule has 14 heavy (non-hydrogen) atoms. The zero-order valence-corrected chi connectivity index (χ0v) is 7.71. The summed E-state index contributed by atoms with van der Waals surface area (Å²) in [6.45, 7) is 0. The van der Waals surface area contributed by atoms with Crippen molar-refractivity contribution in [1.29, 1.82) is 0 Å². The lowest BCUT2D eigenvalue weighted by Crippen LogP contribution is -1.92. The number of methoxy groups -OCH3 is 1. The first-order chi connectivity index (χ1) is 6.79. The van der Waals surface area contributed by atoms with Gasteiger partial charge in [0.25, 0.3) is 0 Å². The van der Waals surface area contributed by atoms with E-state index in [2.05, 4.69) is 5.10 Å². The minimum atomic E-state index is 0.243. The van der Waals surface area contributed by atoms with Gasteiger partial charge in [0, 0.05) is 0 Å². The number of aromatic nitrogens is 2. The Hall–Kier alpha value is -1.97. The molecule has 0 spiro atoms. The van der Waals surface area contributed by atoms with E-state index in [0.717, 1.165) is 5.69 Å². The maximum absolute atomic E-state index is 9.10. The van der Waals surface area contributed by atoms with Crippen LogP contribution in [0.25, 0.3) is 5.69 Å². The van der Waals surface area contributed by atoms with Crippen LogP contribution in [0, 0.1) is 0 Å². The zero-order valence-electron chi connectivity index (χ0n) is 7.71. The minimum Gasteiger partial charge on any atom is -0.508 e. The lowest BCUT2D eigenvalue weighted by Gasteiger charge is -1.99. The van der Waals surface area contributed by atoms with Gasteiger partial charge >= 0.3 is 0 Å². The molecule has 0 saturated carbocycles.